The maximum atomic E-state index is 12.6. The molecule has 3 rings (SSSR count). The van der Waals surface area contributed by atoms with Gasteiger partial charge >= 0.3 is 11.9 Å². The predicted molar refractivity (Wildman–Crippen MR) is 140 cm³/mol. The molecule has 36 heavy (non-hydrogen) atoms. The molecule has 0 unspecified atom stereocenters. The van der Waals surface area contributed by atoms with Crippen molar-refractivity contribution in [2.45, 2.75) is 25.7 Å². The van der Waals surface area contributed by atoms with Gasteiger partial charge in [-0.2, -0.15) is 0 Å². The average molecular weight is 509 g/mol. The van der Waals surface area contributed by atoms with E-state index in [0.29, 0.717) is 35.3 Å². The van der Waals surface area contributed by atoms with Crippen LogP contribution >= 0.6 is 11.6 Å². The quantitative estimate of drug-likeness (QED) is 0.108. The summed E-state index contributed by atoms with van der Waals surface area (Å²) in [6, 6.07) is 19.7. The van der Waals surface area contributed by atoms with Crippen molar-refractivity contribution in [3.05, 3.63) is 90.0 Å². The molecule has 0 N–H and O–H groups in total. The lowest BCUT2D eigenvalue weighted by Crippen LogP contribution is -2.09. The second kappa shape index (κ2) is 14.0. The molecule has 0 radical (unpaired) electrons. The second-order valence-electron chi connectivity index (χ2n) is 7.92. The highest BCUT2D eigenvalue weighted by atomic mass is 35.5. The molecule has 0 aromatic heterocycles. The molecule has 0 saturated carbocycles. The lowest BCUT2D eigenvalue weighted by atomic mass is 10.1. The number of methoxy groups -OCH3 is 1. The predicted octanol–water partition coefficient (Wildman–Crippen LogP) is 6.90. The van der Waals surface area contributed by atoms with Gasteiger partial charge in [-0.3, -0.25) is 0 Å². The van der Waals surface area contributed by atoms with Crippen LogP contribution in [0.5, 0.6) is 17.2 Å². The Morgan fingerprint density at radius 3 is 2.11 bits per heavy atom. The summed E-state index contributed by atoms with van der Waals surface area (Å²) in [6.07, 6.45) is 4.76. The maximum absolute atomic E-state index is 12.6. The molecular formula is C29H29ClO6. The maximum Gasteiger partial charge on any atom is 0.343 e. The summed E-state index contributed by atoms with van der Waals surface area (Å²) in [5.74, 6) is 0.841. The summed E-state index contributed by atoms with van der Waals surface area (Å²) in [5.41, 5.74) is 2.27. The van der Waals surface area contributed by atoms with E-state index in [2.05, 4.69) is 6.58 Å². The van der Waals surface area contributed by atoms with Crippen LogP contribution in [0, 0.1) is 0 Å². The molecule has 3 aromatic carbocycles. The van der Waals surface area contributed by atoms with Gasteiger partial charge in [-0.05, 0) is 85.3 Å². The van der Waals surface area contributed by atoms with Crippen LogP contribution in [0.25, 0.3) is 11.1 Å². The summed E-state index contributed by atoms with van der Waals surface area (Å²) in [7, 11) is 1.62. The number of unbranched alkanes of at least 4 members (excludes halogenated alkanes) is 3. The molecule has 0 amide bonds. The van der Waals surface area contributed by atoms with Crippen molar-refractivity contribution < 1.29 is 28.5 Å². The number of hydrogen-bond acceptors (Lipinski definition) is 6. The average Bonchev–Trinajstić information content (AvgIpc) is 2.91. The van der Waals surface area contributed by atoms with Crippen molar-refractivity contribution in [2.24, 2.45) is 0 Å². The highest BCUT2D eigenvalue weighted by Gasteiger charge is 2.12. The molecule has 0 spiro atoms. The Bertz CT molecular complexity index is 1160. The van der Waals surface area contributed by atoms with Crippen LogP contribution < -0.4 is 14.2 Å². The van der Waals surface area contributed by atoms with Crippen molar-refractivity contribution in [2.75, 3.05) is 20.3 Å². The first kappa shape index (κ1) is 26.8. The summed E-state index contributed by atoms with van der Waals surface area (Å²) in [4.78, 5) is 23.5. The molecule has 0 atom stereocenters. The molecule has 6 nitrogen and oxygen atoms in total. The van der Waals surface area contributed by atoms with Gasteiger partial charge in [-0.15, -0.1) is 0 Å². The van der Waals surface area contributed by atoms with Crippen LogP contribution in [0.2, 0.25) is 5.02 Å². The number of rotatable bonds is 13. The van der Waals surface area contributed by atoms with Crippen molar-refractivity contribution in [3.8, 4) is 28.4 Å². The highest BCUT2D eigenvalue weighted by Crippen LogP contribution is 2.31. The molecule has 0 aliphatic heterocycles. The first-order chi connectivity index (χ1) is 17.5. The van der Waals surface area contributed by atoms with Crippen molar-refractivity contribution >= 4 is 23.5 Å². The lowest BCUT2D eigenvalue weighted by molar-refractivity contribution is -0.137. The van der Waals surface area contributed by atoms with E-state index >= 15 is 0 Å². The zero-order valence-electron chi connectivity index (χ0n) is 20.2. The summed E-state index contributed by atoms with van der Waals surface area (Å²) in [6.45, 7) is 4.32. The monoisotopic (exact) mass is 508 g/mol. The van der Waals surface area contributed by atoms with Crippen molar-refractivity contribution in [1.29, 1.82) is 0 Å². The summed E-state index contributed by atoms with van der Waals surface area (Å²) in [5, 5.41) is 0.343. The Morgan fingerprint density at radius 2 is 1.47 bits per heavy atom. The van der Waals surface area contributed by atoms with Crippen LogP contribution in [0.3, 0.4) is 0 Å². The minimum Gasteiger partial charge on any atom is -0.497 e. The van der Waals surface area contributed by atoms with Gasteiger partial charge in [0.05, 0.1) is 30.9 Å². The van der Waals surface area contributed by atoms with Gasteiger partial charge in [-0.25, -0.2) is 9.59 Å². The standard InChI is InChI=1S/C29H29ClO6/c1-3-28(31)35-19-7-5-4-6-18-34-25-15-10-22(11-16-25)29(32)36-27-17-12-23(20-26(27)30)21-8-13-24(33-2)14-9-21/h3,8-17,20H,1,4-7,18-19H2,2H3. The molecule has 188 valence electrons. The van der Waals surface area contributed by atoms with Crippen LogP contribution in [0.15, 0.2) is 79.4 Å². The zero-order chi connectivity index (χ0) is 25.8. The largest absolute Gasteiger partial charge is 0.497 e. The minimum absolute atomic E-state index is 0.290. The third-order valence-electron chi connectivity index (χ3n) is 5.37. The van der Waals surface area contributed by atoms with Crippen LogP contribution in [-0.2, 0) is 9.53 Å². The number of esters is 2. The van der Waals surface area contributed by atoms with Crippen LogP contribution in [0.4, 0.5) is 0 Å². The fraction of sp³-hybridized carbons (Fsp3) is 0.241. The lowest BCUT2D eigenvalue weighted by Gasteiger charge is -2.10. The first-order valence-electron chi connectivity index (χ1n) is 11.7. The normalized spacial score (nSPS) is 10.4. The SMILES string of the molecule is C=CC(=O)OCCCCCCOc1ccc(C(=O)Oc2ccc(-c3ccc(OC)cc3)cc2Cl)cc1. The van der Waals surface area contributed by atoms with Crippen LogP contribution in [-0.4, -0.2) is 32.3 Å². The third-order valence-corrected chi connectivity index (χ3v) is 5.66. The van der Waals surface area contributed by atoms with E-state index in [1.165, 1.54) is 0 Å². The Hall–Kier alpha value is -3.77. The third kappa shape index (κ3) is 8.17. The van der Waals surface area contributed by atoms with Crippen molar-refractivity contribution in [3.63, 3.8) is 0 Å². The van der Waals surface area contributed by atoms with E-state index in [0.717, 1.165) is 48.6 Å². The molecule has 0 aliphatic rings. The van der Waals surface area contributed by atoms with E-state index < -0.39 is 11.9 Å². The number of carbonyl (C=O) groups excluding carboxylic acids is 2. The van der Waals surface area contributed by atoms with E-state index in [-0.39, 0.29) is 0 Å². The summed E-state index contributed by atoms with van der Waals surface area (Å²) >= 11 is 6.38. The van der Waals surface area contributed by atoms with Gasteiger partial charge in [0.25, 0.3) is 0 Å². The number of carbonyl (C=O) groups is 2. The minimum atomic E-state index is -0.502. The van der Waals surface area contributed by atoms with E-state index in [1.807, 2.05) is 30.3 Å². The molecule has 0 heterocycles. The molecule has 7 heteroatoms. The van der Waals surface area contributed by atoms with E-state index in [4.69, 9.17) is 30.5 Å². The number of hydrogen-bond donors (Lipinski definition) is 0. The van der Waals surface area contributed by atoms with Gasteiger partial charge in [0, 0.05) is 6.08 Å². The number of halogens is 1. The first-order valence-corrected chi connectivity index (χ1v) is 12.1. The molecule has 0 saturated heterocycles. The van der Waals surface area contributed by atoms with Gasteiger partial charge < -0.3 is 18.9 Å². The second-order valence-corrected chi connectivity index (χ2v) is 8.33. The van der Waals surface area contributed by atoms with Gasteiger partial charge in [0.2, 0.25) is 0 Å². The molecular weight excluding hydrogens is 480 g/mol. The zero-order valence-corrected chi connectivity index (χ0v) is 21.0. The van der Waals surface area contributed by atoms with Gasteiger partial charge in [0.15, 0.2) is 0 Å². The molecule has 0 aliphatic carbocycles. The smallest absolute Gasteiger partial charge is 0.343 e. The Kier molecular flexibility index (Phi) is 10.4. The number of benzene rings is 3. The van der Waals surface area contributed by atoms with E-state index in [9.17, 15) is 9.59 Å². The van der Waals surface area contributed by atoms with Crippen molar-refractivity contribution in [1.82, 2.24) is 0 Å². The van der Waals surface area contributed by atoms with Crippen LogP contribution in [0.1, 0.15) is 36.0 Å². The Labute approximate surface area is 216 Å². The Balaban J connectivity index is 1.44. The van der Waals surface area contributed by atoms with E-state index in [1.54, 1.807) is 43.5 Å². The topological polar surface area (TPSA) is 71.1 Å². The summed E-state index contributed by atoms with van der Waals surface area (Å²) < 4.78 is 21.3. The molecule has 3 aromatic rings. The number of ether oxygens (including phenoxy) is 4. The highest BCUT2D eigenvalue weighted by molar-refractivity contribution is 6.32. The molecule has 0 bridgehead atoms. The Morgan fingerprint density at radius 1 is 0.833 bits per heavy atom. The fourth-order valence-corrected chi connectivity index (χ4v) is 3.59. The van der Waals surface area contributed by atoms with Gasteiger partial charge in [0.1, 0.15) is 17.2 Å². The molecule has 0 fully saturated rings. The fourth-order valence-electron chi connectivity index (χ4n) is 3.37. The van der Waals surface area contributed by atoms with Gasteiger partial charge in [-0.1, -0.05) is 36.4 Å².